The van der Waals surface area contributed by atoms with Crippen molar-refractivity contribution in [1.29, 1.82) is 0 Å². The summed E-state index contributed by atoms with van der Waals surface area (Å²) in [5, 5.41) is 4.74. The number of carbonyl (C=O) groups is 3. The monoisotopic (exact) mass is 546 g/mol. The van der Waals surface area contributed by atoms with Crippen LogP contribution in [0.1, 0.15) is 38.5 Å². The first-order chi connectivity index (χ1) is 19.4. The number of hydrogen-bond donors (Lipinski definition) is 2. The minimum Gasteiger partial charge on any atom is -0.398 e. The SMILES string of the molecule is Nc1ccccc1C(=O)NN=CC12c3ccccc3C(c3ccccc31)C1C(=O)N(c3ccccc3Cl)C(=O)C12. The Balaban J connectivity index is 1.42. The van der Waals surface area contributed by atoms with Gasteiger partial charge in [0, 0.05) is 17.8 Å². The third-order valence-electron chi connectivity index (χ3n) is 8.42. The van der Waals surface area contributed by atoms with E-state index in [1.807, 2.05) is 48.5 Å². The molecule has 0 saturated carbocycles. The molecule has 4 aromatic carbocycles. The molecule has 4 aliphatic rings. The molecule has 1 aliphatic heterocycles. The fourth-order valence-corrected chi connectivity index (χ4v) is 7.10. The lowest BCUT2D eigenvalue weighted by atomic mass is 9.47. The molecule has 2 bridgehead atoms. The maximum absolute atomic E-state index is 14.4. The molecule has 8 heteroatoms. The van der Waals surface area contributed by atoms with Gasteiger partial charge in [-0.1, -0.05) is 84.4 Å². The standard InChI is InChI=1S/C32H23ClN4O3/c33-23-14-6-8-16-25(23)37-30(39)27-26-18-9-1-4-12-21(18)32(28(27)31(37)40,22-13-5-2-10-19(22)26)17-35-36-29(38)20-11-3-7-15-24(20)34/h1-17,26-28H,34H2,(H,36,38). The molecule has 3 aliphatic carbocycles. The van der Waals surface area contributed by atoms with Crippen molar-refractivity contribution in [2.24, 2.45) is 16.9 Å². The van der Waals surface area contributed by atoms with Crippen molar-refractivity contribution in [2.75, 3.05) is 10.6 Å². The van der Waals surface area contributed by atoms with Crippen molar-refractivity contribution < 1.29 is 14.4 Å². The normalized spacial score (nSPS) is 24.1. The quantitative estimate of drug-likeness (QED) is 0.164. The van der Waals surface area contributed by atoms with Gasteiger partial charge >= 0.3 is 0 Å². The summed E-state index contributed by atoms with van der Waals surface area (Å²) in [6.45, 7) is 0. The third-order valence-corrected chi connectivity index (χ3v) is 8.74. The van der Waals surface area contributed by atoms with Crippen molar-refractivity contribution in [1.82, 2.24) is 5.43 Å². The molecule has 196 valence electrons. The van der Waals surface area contributed by atoms with Crippen LogP contribution in [0.25, 0.3) is 0 Å². The zero-order chi connectivity index (χ0) is 27.6. The number of nitrogens with two attached hydrogens (primary N) is 1. The van der Waals surface area contributed by atoms with Crippen LogP contribution in [-0.4, -0.2) is 23.9 Å². The lowest BCUT2D eigenvalue weighted by Crippen LogP contribution is -2.54. The molecule has 0 radical (unpaired) electrons. The number of rotatable bonds is 4. The van der Waals surface area contributed by atoms with Gasteiger partial charge in [0.2, 0.25) is 11.8 Å². The Labute approximate surface area is 235 Å². The van der Waals surface area contributed by atoms with E-state index in [0.29, 0.717) is 22.0 Å². The molecule has 0 spiro atoms. The van der Waals surface area contributed by atoms with Gasteiger partial charge in [0.15, 0.2) is 0 Å². The van der Waals surface area contributed by atoms with E-state index in [2.05, 4.69) is 10.5 Å². The second-order valence-electron chi connectivity index (χ2n) is 10.3. The summed E-state index contributed by atoms with van der Waals surface area (Å²) in [5.41, 5.74) is 12.2. The van der Waals surface area contributed by atoms with Gasteiger partial charge < -0.3 is 5.73 Å². The third kappa shape index (κ3) is 3.18. The second kappa shape index (κ2) is 8.89. The molecular formula is C32H23ClN4O3. The molecule has 1 fully saturated rings. The number of nitrogens with one attached hydrogen (secondary N) is 1. The molecule has 2 unspecified atom stereocenters. The van der Waals surface area contributed by atoms with Crippen LogP contribution in [0.15, 0.2) is 102 Å². The molecule has 2 atom stereocenters. The predicted molar refractivity (Wildman–Crippen MR) is 153 cm³/mol. The van der Waals surface area contributed by atoms with E-state index in [4.69, 9.17) is 17.3 Å². The smallest absolute Gasteiger partial charge is 0.273 e. The highest BCUT2D eigenvalue weighted by molar-refractivity contribution is 6.36. The van der Waals surface area contributed by atoms with Gasteiger partial charge in [0.25, 0.3) is 5.91 Å². The van der Waals surface area contributed by atoms with Crippen LogP contribution in [-0.2, 0) is 15.0 Å². The molecule has 8 rings (SSSR count). The van der Waals surface area contributed by atoms with E-state index >= 15 is 0 Å². The predicted octanol–water partition coefficient (Wildman–Crippen LogP) is 4.89. The summed E-state index contributed by atoms with van der Waals surface area (Å²) in [6, 6.07) is 29.3. The van der Waals surface area contributed by atoms with E-state index in [0.717, 1.165) is 22.3 Å². The van der Waals surface area contributed by atoms with Gasteiger partial charge in [-0.25, -0.2) is 10.3 Å². The lowest BCUT2D eigenvalue weighted by Gasteiger charge is -2.52. The van der Waals surface area contributed by atoms with Gasteiger partial charge in [-0.05, 0) is 46.5 Å². The number of nitrogens with zero attached hydrogens (tertiary/aromatic N) is 2. The summed E-state index contributed by atoms with van der Waals surface area (Å²) in [6.07, 6.45) is 1.62. The number of halogens is 1. The Morgan fingerprint density at radius 1 is 0.850 bits per heavy atom. The molecule has 7 nitrogen and oxygen atoms in total. The molecule has 4 aromatic rings. The highest BCUT2D eigenvalue weighted by atomic mass is 35.5. The van der Waals surface area contributed by atoms with E-state index < -0.39 is 23.2 Å². The lowest BCUT2D eigenvalue weighted by molar-refractivity contribution is -0.122. The van der Waals surface area contributed by atoms with E-state index in [1.165, 1.54) is 4.90 Å². The van der Waals surface area contributed by atoms with E-state index in [1.54, 1.807) is 54.7 Å². The van der Waals surface area contributed by atoms with Gasteiger partial charge in [0.05, 0.1) is 33.5 Å². The van der Waals surface area contributed by atoms with Crippen LogP contribution in [0, 0.1) is 11.8 Å². The Morgan fingerprint density at radius 2 is 1.45 bits per heavy atom. The fraction of sp³-hybridized carbons (Fsp3) is 0.125. The molecular weight excluding hydrogens is 524 g/mol. The fourth-order valence-electron chi connectivity index (χ4n) is 6.88. The van der Waals surface area contributed by atoms with Crippen molar-refractivity contribution >= 4 is 46.9 Å². The molecule has 0 aromatic heterocycles. The number of imide groups is 1. The van der Waals surface area contributed by atoms with Crippen molar-refractivity contribution in [3.63, 3.8) is 0 Å². The van der Waals surface area contributed by atoms with Crippen LogP contribution in [0.4, 0.5) is 11.4 Å². The first-order valence-corrected chi connectivity index (χ1v) is 13.3. The minimum atomic E-state index is -1.11. The van der Waals surface area contributed by atoms with Gasteiger partial charge in [0.1, 0.15) is 0 Å². The summed E-state index contributed by atoms with van der Waals surface area (Å²) in [7, 11) is 0. The first-order valence-electron chi connectivity index (χ1n) is 13.0. The number of benzene rings is 4. The Kier molecular flexibility index (Phi) is 5.40. The number of hydrogen-bond acceptors (Lipinski definition) is 5. The van der Waals surface area contributed by atoms with Crippen molar-refractivity contribution in [2.45, 2.75) is 11.3 Å². The Hall–Kier alpha value is -4.75. The highest BCUT2D eigenvalue weighted by Crippen LogP contribution is 2.63. The Bertz CT molecular complexity index is 1720. The van der Waals surface area contributed by atoms with Crippen molar-refractivity contribution in [3.05, 3.63) is 130 Å². The van der Waals surface area contributed by atoms with Gasteiger partial charge in [-0.2, -0.15) is 5.10 Å². The number of hydrazone groups is 1. The molecule has 40 heavy (non-hydrogen) atoms. The Morgan fingerprint density at radius 3 is 2.12 bits per heavy atom. The minimum absolute atomic E-state index is 0.292. The van der Waals surface area contributed by atoms with Crippen molar-refractivity contribution in [3.8, 4) is 0 Å². The van der Waals surface area contributed by atoms with Crippen LogP contribution in [0.3, 0.4) is 0 Å². The number of carbonyl (C=O) groups excluding carboxylic acids is 3. The molecule has 1 saturated heterocycles. The van der Waals surface area contributed by atoms with Crippen LogP contribution >= 0.6 is 11.6 Å². The van der Waals surface area contributed by atoms with Gasteiger partial charge in [-0.3, -0.25) is 14.4 Å². The molecule has 1 heterocycles. The zero-order valence-electron chi connectivity index (χ0n) is 21.1. The first kappa shape index (κ1) is 24.3. The average molecular weight is 547 g/mol. The number of anilines is 2. The number of nitrogen functional groups attached to an aromatic ring is 1. The second-order valence-corrected chi connectivity index (χ2v) is 10.7. The van der Waals surface area contributed by atoms with Gasteiger partial charge in [-0.15, -0.1) is 0 Å². The topological polar surface area (TPSA) is 105 Å². The summed E-state index contributed by atoms with van der Waals surface area (Å²) in [5.74, 6) is -2.87. The number of amides is 3. The average Bonchev–Trinajstić information content (AvgIpc) is 3.24. The summed E-state index contributed by atoms with van der Waals surface area (Å²) >= 11 is 6.49. The largest absolute Gasteiger partial charge is 0.398 e. The van der Waals surface area contributed by atoms with Crippen LogP contribution in [0.2, 0.25) is 5.02 Å². The molecule has 3 N–H and O–H groups in total. The van der Waals surface area contributed by atoms with Crippen LogP contribution in [0.5, 0.6) is 0 Å². The zero-order valence-corrected chi connectivity index (χ0v) is 21.9. The maximum atomic E-state index is 14.4. The van der Waals surface area contributed by atoms with E-state index in [9.17, 15) is 14.4 Å². The summed E-state index contributed by atoms with van der Waals surface area (Å²) in [4.78, 5) is 42.7. The van der Waals surface area contributed by atoms with Crippen LogP contribution < -0.4 is 16.1 Å². The van der Waals surface area contributed by atoms with E-state index in [-0.39, 0.29) is 17.7 Å². The summed E-state index contributed by atoms with van der Waals surface area (Å²) < 4.78 is 0. The highest BCUT2D eigenvalue weighted by Gasteiger charge is 2.68. The number of para-hydroxylation sites is 2. The molecule has 3 amide bonds. The maximum Gasteiger partial charge on any atom is 0.273 e.